The van der Waals surface area contributed by atoms with E-state index in [1.54, 1.807) is 16.8 Å². The van der Waals surface area contributed by atoms with Crippen molar-refractivity contribution in [2.45, 2.75) is 43.9 Å². The highest BCUT2D eigenvalue weighted by Gasteiger charge is 2.44. The minimum Gasteiger partial charge on any atom is -0.395 e. The topological polar surface area (TPSA) is 23.5 Å². The van der Waals surface area contributed by atoms with Gasteiger partial charge in [-0.15, -0.1) is 0 Å². The molecule has 1 N–H and O–H groups in total. The molecule has 1 aliphatic carbocycles. The molecule has 1 fully saturated rings. The number of anilines is 1. The van der Waals surface area contributed by atoms with Gasteiger partial charge in [-0.2, -0.15) is 0 Å². The summed E-state index contributed by atoms with van der Waals surface area (Å²) in [6.45, 7) is 2.81. The Balaban J connectivity index is 1.85. The third kappa shape index (κ3) is 1.45. The van der Waals surface area contributed by atoms with E-state index in [0.29, 0.717) is 6.61 Å². The van der Waals surface area contributed by atoms with Crippen molar-refractivity contribution < 1.29 is 5.11 Å². The van der Waals surface area contributed by atoms with Crippen LogP contribution in [0.1, 0.15) is 42.4 Å². The van der Waals surface area contributed by atoms with E-state index in [4.69, 9.17) is 0 Å². The summed E-state index contributed by atoms with van der Waals surface area (Å²) in [5.41, 5.74) is 6.19. The summed E-state index contributed by atoms with van der Waals surface area (Å²) in [6, 6.07) is 4.80. The Morgan fingerprint density at radius 2 is 1.67 bits per heavy atom. The van der Waals surface area contributed by atoms with Crippen molar-refractivity contribution >= 4 is 5.69 Å². The zero-order valence-corrected chi connectivity index (χ0v) is 10.9. The fourth-order valence-electron chi connectivity index (χ4n) is 3.80. The van der Waals surface area contributed by atoms with E-state index in [1.165, 1.54) is 57.2 Å². The van der Waals surface area contributed by atoms with Gasteiger partial charge in [0.15, 0.2) is 0 Å². The van der Waals surface area contributed by atoms with Crippen LogP contribution in [0, 0.1) is 0 Å². The minimum atomic E-state index is 0.130. The van der Waals surface area contributed by atoms with Crippen LogP contribution in [0.25, 0.3) is 0 Å². The van der Waals surface area contributed by atoms with Gasteiger partial charge in [-0.25, -0.2) is 0 Å². The summed E-state index contributed by atoms with van der Waals surface area (Å²) in [4.78, 5) is 2.58. The van der Waals surface area contributed by atoms with Gasteiger partial charge in [0.25, 0.3) is 0 Å². The van der Waals surface area contributed by atoms with Crippen molar-refractivity contribution in [1.82, 2.24) is 0 Å². The first-order valence-electron chi connectivity index (χ1n) is 7.34. The Kier molecular flexibility index (Phi) is 2.25. The second-order valence-electron chi connectivity index (χ2n) is 6.28. The standard InChI is InChI=1S/C16H21NO/c18-11-16(5-6-16)14-9-12-3-1-7-17-8-2-4-13(10-14)15(12)17/h9-10,18H,1-8,11H2. The number of rotatable bonds is 2. The fraction of sp³-hybridized carbons (Fsp3) is 0.625. The molecule has 0 bridgehead atoms. The van der Waals surface area contributed by atoms with E-state index >= 15 is 0 Å². The quantitative estimate of drug-likeness (QED) is 0.862. The molecule has 2 nitrogen and oxygen atoms in total. The molecule has 18 heavy (non-hydrogen) atoms. The minimum absolute atomic E-state index is 0.130. The van der Waals surface area contributed by atoms with E-state index in [0.717, 1.165) is 0 Å². The molecule has 2 heterocycles. The first-order valence-corrected chi connectivity index (χ1v) is 7.34. The maximum absolute atomic E-state index is 9.63. The molecule has 2 heteroatoms. The predicted octanol–water partition coefficient (Wildman–Crippen LogP) is 2.41. The molecule has 1 saturated carbocycles. The third-order valence-electron chi connectivity index (χ3n) is 5.10. The number of benzene rings is 1. The van der Waals surface area contributed by atoms with E-state index in [9.17, 15) is 5.11 Å². The molecule has 0 radical (unpaired) electrons. The van der Waals surface area contributed by atoms with Crippen LogP contribution >= 0.6 is 0 Å². The normalized spacial score (nSPS) is 23.7. The molecule has 0 saturated heterocycles. The Labute approximate surface area is 109 Å². The number of hydrogen-bond acceptors (Lipinski definition) is 2. The van der Waals surface area contributed by atoms with Crippen LogP contribution in [0.5, 0.6) is 0 Å². The van der Waals surface area contributed by atoms with Crippen LogP contribution in [-0.4, -0.2) is 24.8 Å². The summed E-state index contributed by atoms with van der Waals surface area (Å²) in [6.07, 6.45) is 7.39. The molecular formula is C16H21NO. The molecule has 0 unspecified atom stereocenters. The van der Waals surface area contributed by atoms with Crippen LogP contribution in [0.15, 0.2) is 12.1 Å². The van der Waals surface area contributed by atoms with Gasteiger partial charge in [0.2, 0.25) is 0 Å². The van der Waals surface area contributed by atoms with Crippen LogP contribution in [-0.2, 0) is 18.3 Å². The van der Waals surface area contributed by atoms with Crippen molar-refractivity contribution in [2.75, 3.05) is 24.6 Å². The van der Waals surface area contributed by atoms with Crippen molar-refractivity contribution in [3.63, 3.8) is 0 Å². The first kappa shape index (κ1) is 10.9. The van der Waals surface area contributed by atoms with E-state index in [2.05, 4.69) is 17.0 Å². The monoisotopic (exact) mass is 243 g/mol. The molecule has 0 spiro atoms. The maximum Gasteiger partial charge on any atom is 0.0527 e. The van der Waals surface area contributed by atoms with Gasteiger partial charge in [-0.3, -0.25) is 0 Å². The fourth-order valence-corrected chi connectivity index (χ4v) is 3.80. The smallest absolute Gasteiger partial charge is 0.0527 e. The largest absolute Gasteiger partial charge is 0.395 e. The summed E-state index contributed by atoms with van der Waals surface area (Å²) in [7, 11) is 0. The predicted molar refractivity (Wildman–Crippen MR) is 73.3 cm³/mol. The zero-order chi connectivity index (χ0) is 12.2. The lowest BCUT2D eigenvalue weighted by Crippen LogP contribution is -2.34. The molecule has 96 valence electrons. The van der Waals surface area contributed by atoms with E-state index < -0.39 is 0 Å². The van der Waals surface area contributed by atoms with Gasteiger partial charge in [0, 0.05) is 24.2 Å². The number of hydrogen-bond donors (Lipinski definition) is 1. The molecule has 1 aromatic carbocycles. The van der Waals surface area contributed by atoms with E-state index in [-0.39, 0.29) is 5.41 Å². The lowest BCUT2D eigenvalue weighted by molar-refractivity contribution is 0.255. The van der Waals surface area contributed by atoms with Crippen molar-refractivity contribution in [1.29, 1.82) is 0 Å². The number of aliphatic hydroxyl groups is 1. The van der Waals surface area contributed by atoms with E-state index in [1.807, 2.05) is 0 Å². The second-order valence-corrected chi connectivity index (χ2v) is 6.28. The van der Waals surface area contributed by atoms with Crippen molar-refractivity contribution in [2.24, 2.45) is 0 Å². The molecular weight excluding hydrogens is 222 g/mol. The van der Waals surface area contributed by atoms with Gasteiger partial charge < -0.3 is 10.0 Å². The SMILES string of the molecule is OCC1(c2cc3c4c(c2)CCCN4CCC3)CC1. The van der Waals surface area contributed by atoms with Crippen molar-refractivity contribution in [3.05, 3.63) is 28.8 Å². The Bertz CT molecular complexity index is 459. The highest BCUT2D eigenvalue weighted by Crippen LogP contribution is 2.50. The number of aliphatic hydroxyl groups excluding tert-OH is 1. The van der Waals surface area contributed by atoms with Gasteiger partial charge in [-0.1, -0.05) is 12.1 Å². The third-order valence-corrected chi connectivity index (χ3v) is 5.10. The zero-order valence-electron chi connectivity index (χ0n) is 10.9. The maximum atomic E-state index is 9.63. The average Bonchev–Trinajstić information content (AvgIpc) is 3.20. The average molecular weight is 243 g/mol. The first-order chi connectivity index (χ1) is 8.82. The van der Waals surface area contributed by atoms with Gasteiger partial charge in [0.05, 0.1) is 6.61 Å². The van der Waals surface area contributed by atoms with Gasteiger partial charge in [0.1, 0.15) is 0 Å². The second kappa shape index (κ2) is 3.74. The molecule has 0 amide bonds. The highest BCUT2D eigenvalue weighted by molar-refractivity contribution is 5.65. The highest BCUT2D eigenvalue weighted by atomic mass is 16.3. The molecule has 2 aliphatic heterocycles. The Morgan fingerprint density at radius 1 is 1.06 bits per heavy atom. The summed E-state index contributed by atoms with van der Waals surface area (Å²) in [5, 5.41) is 9.63. The molecule has 3 aliphatic rings. The van der Waals surface area contributed by atoms with Crippen LogP contribution < -0.4 is 4.90 Å². The summed E-state index contributed by atoms with van der Waals surface area (Å²) in [5.74, 6) is 0. The lowest BCUT2D eigenvalue weighted by Gasteiger charge is -2.37. The molecule has 0 atom stereocenters. The number of aryl methyl sites for hydroxylation is 2. The van der Waals surface area contributed by atoms with Crippen LogP contribution in [0.3, 0.4) is 0 Å². The Hall–Kier alpha value is -1.02. The van der Waals surface area contributed by atoms with Crippen LogP contribution in [0.2, 0.25) is 0 Å². The number of nitrogens with zero attached hydrogens (tertiary/aromatic N) is 1. The van der Waals surface area contributed by atoms with Gasteiger partial charge in [-0.05, 0) is 55.2 Å². The Morgan fingerprint density at radius 3 is 2.17 bits per heavy atom. The summed E-state index contributed by atoms with van der Waals surface area (Å²) < 4.78 is 0. The van der Waals surface area contributed by atoms with Gasteiger partial charge >= 0.3 is 0 Å². The molecule has 0 aromatic heterocycles. The van der Waals surface area contributed by atoms with Crippen molar-refractivity contribution in [3.8, 4) is 0 Å². The molecule has 1 aromatic rings. The summed E-state index contributed by atoms with van der Waals surface area (Å²) >= 11 is 0. The lowest BCUT2D eigenvalue weighted by atomic mass is 9.85. The molecule has 4 rings (SSSR count). The van der Waals surface area contributed by atoms with Crippen LogP contribution in [0.4, 0.5) is 5.69 Å².